The summed E-state index contributed by atoms with van der Waals surface area (Å²) in [5.74, 6) is 0.419. The summed E-state index contributed by atoms with van der Waals surface area (Å²) in [6, 6.07) is 5.54. The molecule has 4 heteroatoms. The lowest BCUT2D eigenvalue weighted by molar-refractivity contribution is 0.0855. The minimum Gasteiger partial charge on any atom is -0.295 e. The van der Waals surface area contributed by atoms with E-state index in [4.69, 9.17) is 0 Å². The molecule has 1 aromatic heterocycles. The molecule has 1 saturated carbocycles. The monoisotopic (exact) mass is 244 g/mol. The second-order valence-corrected chi connectivity index (χ2v) is 5.10. The third-order valence-electron chi connectivity index (χ3n) is 4.03. The van der Waals surface area contributed by atoms with Crippen LogP contribution < -0.4 is 5.69 Å². The third-order valence-corrected chi connectivity index (χ3v) is 4.03. The van der Waals surface area contributed by atoms with Crippen molar-refractivity contribution in [1.29, 1.82) is 0 Å². The van der Waals surface area contributed by atoms with Crippen molar-refractivity contribution in [3.05, 3.63) is 34.2 Å². The summed E-state index contributed by atoms with van der Waals surface area (Å²) in [6.07, 6.45) is 3.16. The van der Waals surface area contributed by atoms with Crippen molar-refractivity contribution in [3.63, 3.8) is 0 Å². The molecule has 1 aliphatic rings. The molecular weight excluding hydrogens is 228 g/mol. The Labute approximate surface area is 105 Å². The van der Waals surface area contributed by atoms with Gasteiger partial charge in [0.1, 0.15) is 0 Å². The van der Waals surface area contributed by atoms with Gasteiger partial charge < -0.3 is 0 Å². The lowest BCUT2D eigenvalue weighted by atomic mass is 9.80. The lowest BCUT2D eigenvalue weighted by Crippen LogP contribution is -2.21. The highest BCUT2D eigenvalue weighted by molar-refractivity contribution is 6.00. The van der Waals surface area contributed by atoms with Gasteiger partial charge in [0.25, 0.3) is 0 Å². The zero-order valence-corrected chi connectivity index (χ0v) is 10.6. The minimum atomic E-state index is -0.0572. The van der Waals surface area contributed by atoms with Crippen LogP contribution in [0, 0.1) is 5.92 Å². The van der Waals surface area contributed by atoms with Crippen molar-refractivity contribution < 1.29 is 4.79 Å². The van der Waals surface area contributed by atoms with Gasteiger partial charge in [0.2, 0.25) is 0 Å². The molecule has 0 radical (unpaired) electrons. The molecule has 0 saturated heterocycles. The number of aromatic nitrogens is 2. The van der Waals surface area contributed by atoms with Gasteiger partial charge in [-0.2, -0.15) is 0 Å². The van der Waals surface area contributed by atoms with Gasteiger partial charge in [0.05, 0.1) is 11.0 Å². The number of rotatable bonds is 2. The maximum Gasteiger partial charge on any atom is 0.328 e. The Bertz CT molecular complexity index is 690. The molecule has 0 bridgehead atoms. The number of imidazole rings is 1. The number of benzene rings is 1. The van der Waals surface area contributed by atoms with Crippen LogP contribution in [-0.2, 0) is 14.1 Å². The first-order chi connectivity index (χ1) is 8.59. The van der Waals surface area contributed by atoms with Crippen LogP contribution in [0.15, 0.2) is 23.0 Å². The Balaban J connectivity index is 2.13. The Morgan fingerprint density at radius 1 is 1.17 bits per heavy atom. The molecule has 94 valence electrons. The van der Waals surface area contributed by atoms with Crippen molar-refractivity contribution in [1.82, 2.24) is 9.13 Å². The van der Waals surface area contributed by atoms with Gasteiger partial charge >= 0.3 is 5.69 Å². The Kier molecular flexibility index (Phi) is 2.40. The first kappa shape index (κ1) is 11.3. The zero-order chi connectivity index (χ0) is 12.9. The predicted molar refractivity (Wildman–Crippen MR) is 69.8 cm³/mol. The van der Waals surface area contributed by atoms with Crippen LogP contribution in [-0.4, -0.2) is 14.9 Å². The van der Waals surface area contributed by atoms with Gasteiger partial charge in [0, 0.05) is 25.6 Å². The first-order valence-corrected chi connectivity index (χ1v) is 6.29. The highest BCUT2D eigenvalue weighted by Crippen LogP contribution is 2.30. The molecule has 1 fully saturated rings. The summed E-state index contributed by atoms with van der Waals surface area (Å²) >= 11 is 0. The summed E-state index contributed by atoms with van der Waals surface area (Å²) in [5, 5.41) is 0. The molecule has 0 unspecified atom stereocenters. The smallest absolute Gasteiger partial charge is 0.295 e. The molecule has 0 atom stereocenters. The summed E-state index contributed by atoms with van der Waals surface area (Å²) in [6.45, 7) is 0. The maximum atomic E-state index is 12.2. The van der Waals surface area contributed by atoms with E-state index >= 15 is 0 Å². The quantitative estimate of drug-likeness (QED) is 0.757. The summed E-state index contributed by atoms with van der Waals surface area (Å²) in [4.78, 5) is 24.0. The molecular formula is C14H16N2O2. The number of hydrogen-bond acceptors (Lipinski definition) is 2. The Morgan fingerprint density at radius 3 is 2.44 bits per heavy atom. The summed E-state index contributed by atoms with van der Waals surface area (Å²) in [5.41, 5.74) is 2.37. The Morgan fingerprint density at radius 2 is 1.83 bits per heavy atom. The molecule has 0 N–H and O–H groups in total. The van der Waals surface area contributed by atoms with Crippen LogP contribution in [0.3, 0.4) is 0 Å². The number of ketones is 1. The van der Waals surface area contributed by atoms with E-state index in [1.807, 2.05) is 18.2 Å². The van der Waals surface area contributed by atoms with E-state index in [-0.39, 0.29) is 17.4 Å². The summed E-state index contributed by atoms with van der Waals surface area (Å²) < 4.78 is 3.19. The summed E-state index contributed by atoms with van der Waals surface area (Å²) in [7, 11) is 3.49. The van der Waals surface area contributed by atoms with E-state index in [1.165, 1.54) is 0 Å². The maximum absolute atomic E-state index is 12.2. The number of aryl methyl sites for hydroxylation is 2. The van der Waals surface area contributed by atoms with Gasteiger partial charge in [-0.15, -0.1) is 0 Å². The third kappa shape index (κ3) is 1.45. The van der Waals surface area contributed by atoms with Crippen molar-refractivity contribution in [2.75, 3.05) is 0 Å². The fourth-order valence-electron chi connectivity index (χ4n) is 2.57. The number of fused-ring (bicyclic) bond motifs is 1. The second-order valence-electron chi connectivity index (χ2n) is 5.10. The van der Waals surface area contributed by atoms with Crippen molar-refractivity contribution in [2.24, 2.45) is 20.0 Å². The fourth-order valence-corrected chi connectivity index (χ4v) is 2.57. The SMILES string of the molecule is Cn1c(=O)n(C)c2cc(C(=O)C3CCC3)ccc21. The number of hydrogen-bond donors (Lipinski definition) is 0. The molecule has 18 heavy (non-hydrogen) atoms. The van der Waals surface area contributed by atoms with Crippen LogP contribution in [0.2, 0.25) is 0 Å². The average molecular weight is 244 g/mol. The van der Waals surface area contributed by atoms with Crippen LogP contribution in [0.5, 0.6) is 0 Å². The standard InChI is InChI=1S/C14H16N2O2/c1-15-11-7-6-10(13(17)9-4-3-5-9)8-12(11)16(2)14(15)18/h6-9H,3-5H2,1-2H3. The van der Waals surface area contributed by atoms with Crippen molar-refractivity contribution in [2.45, 2.75) is 19.3 Å². The molecule has 1 aromatic carbocycles. The van der Waals surface area contributed by atoms with Gasteiger partial charge in [-0.25, -0.2) is 4.79 Å². The highest BCUT2D eigenvalue weighted by Gasteiger charge is 2.26. The lowest BCUT2D eigenvalue weighted by Gasteiger charge is -2.23. The highest BCUT2D eigenvalue weighted by atomic mass is 16.1. The van der Waals surface area contributed by atoms with E-state index in [0.717, 1.165) is 35.9 Å². The topological polar surface area (TPSA) is 44.0 Å². The molecule has 0 spiro atoms. The van der Waals surface area contributed by atoms with E-state index in [0.29, 0.717) is 0 Å². The van der Waals surface area contributed by atoms with E-state index in [1.54, 1.807) is 23.2 Å². The van der Waals surface area contributed by atoms with E-state index < -0.39 is 0 Å². The molecule has 2 aromatic rings. The molecule has 0 amide bonds. The van der Waals surface area contributed by atoms with Crippen LogP contribution in [0.4, 0.5) is 0 Å². The molecule has 0 aliphatic heterocycles. The molecule has 3 rings (SSSR count). The number of carbonyl (C=O) groups excluding carboxylic acids is 1. The largest absolute Gasteiger partial charge is 0.328 e. The van der Waals surface area contributed by atoms with Gasteiger partial charge in [-0.05, 0) is 31.0 Å². The number of nitrogens with zero attached hydrogens (tertiary/aromatic N) is 2. The normalized spacial score (nSPS) is 15.9. The zero-order valence-electron chi connectivity index (χ0n) is 10.6. The second kappa shape index (κ2) is 3.83. The number of carbonyl (C=O) groups is 1. The molecule has 4 nitrogen and oxygen atoms in total. The predicted octanol–water partition coefficient (Wildman–Crippen LogP) is 1.86. The van der Waals surface area contributed by atoms with Crippen LogP contribution in [0.25, 0.3) is 11.0 Å². The van der Waals surface area contributed by atoms with Crippen molar-refractivity contribution in [3.8, 4) is 0 Å². The minimum absolute atomic E-state index is 0.0572. The van der Waals surface area contributed by atoms with E-state index in [2.05, 4.69) is 0 Å². The molecule has 1 heterocycles. The van der Waals surface area contributed by atoms with Crippen molar-refractivity contribution >= 4 is 16.8 Å². The van der Waals surface area contributed by atoms with Gasteiger partial charge in [0.15, 0.2) is 5.78 Å². The first-order valence-electron chi connectivity index (χ1n) is 6.29. The Hall–Kier alpha value is -1.84. The van der Waals surface area contributed by atoms with Crippen LogP contribution >= 0.6 is 0 Å². The van der Waals surface area contributed by atoms with E-state index in [9.17, 15) is 9.59 Å². The fraction of sp³-hybridized carbons (Fsp3) is 0.429. The van der Waals surface area contributed by atoms with Crippen LogP contribution in [0.1, 0.15) is 29.6 Å². The van der Waals surface area contributed by atoms with Gasteiger partial charge in [-0.3, -0.25) is 13.9 Å². The average Bonchev–Trinajstić information content (AvgIpc) is 2.52. The number of Topliss-reactive ketones (excluding diaryl/α,β-unsaturated/α-hetero) is 1. The molecule has 1 aliphatic carbocycles. The van der Waals surface area contributed by atoms with Gasteiger partial charge in [-0.1, -0.05) is 6.42 Å².